The number of thioether (sulfide) groups is 1. The summed E-state index contributed by atoms with van der Waals surface area (Å²) in [4.78, 5) is 9.05. The van der Waals surface area contributed by atoms with Gasteiger partial charge in [0.1, 0.15) is 5.82 Å². The average Bonchev–Trinajstić information content (AvgIpc) is 3.17. The van der Waals surface area contributed by atoms with E-state index in [-0.39, 0.29) is 0 Å². The van der Waals surface area contributed by atoms with E-state index in [0.29, 0.717) is 11.6 Å². The van der Waals surface area contributed by atoms with Crippen LogP contribution in [0.5, 0.6) is 0 Å². The van der Waals surface area contributed by atoms with E-state index >= 15 is 0 Å². The Kier molecular flexibility index (Phi) is 2.89. The Morgan fingerprint density at radius 2 is 1.95 bits per heavy atom. The lowest BCUT2D eigenvalue weighted by Gasteiger charge is -2.04. The number of nitrogen functional groups attached to an aromatic ring is 1. The van der Waals surface area contributed by atoms with Crippen LogP contribution in [0.25, 0.3) is 17.1 Å². The van der Waals surface area contributed by atoms with Crippen molar-refractivity contribution in [3.05, 3.63) is 54.0 Å². The molecule has 0 saturated heterocycles. The molecular weight excluding hydrogens is 282 g/mol. The first-order valence-corrected chi connectivity index (χ1v) is 7.80. The van der Waals surface area contributed by atoms with E-state index in [1.54, 1.807) is 6.20 Å². The van der Waals surface area contributed by atoms with Crippen molar-refractivity contribution < 1.29 is 0 Å². The molecule has 2 aromatic heterocycles. The van der Waals surface area contributed by atoms with Crippen LogP contribution in [0.15, 0.2) is 42.7 Å². The molecule has 0 radical (unpaired) electrons. The van der Waals surface area contributed by atoms with Crippen LogP contribution in [0.4, 0.5) is 5.82 Å². The molecule has 1 aliphatic rings. The van der Waals surface area contributed by atoms with Crippen molar-refractivity contribution in [3.8, 4) is 17.1 Å². The van der Waals surface area contributed by atoms with Gasteiger partial charge in [-0.2, -0.15) is 16.9 Å². The highest BCUT2D eigenvalue weighted by Gasteiger charge is 2.19. The molecule has 21 heavy (non-hydrogen) atoms. The van der Waals surface area contributed by atoms with Crippen molar-refractivity contribution in [2.24, 2.45) is 0 Å². The number of benzene rings is 1. The first-order valence-electron chi connectivity index (χ1n) is 6.65. The van der Waals surface area contributed by atoms with Gasteiger partial charge in [-0.1, -0.05) is 18.2 Å². The molecule has 1 aliphatic heterocycles. The van der Waals surface area contributed by atoms with Gasteiger partial charge in [-0.3, -0.25) is 0 Å². The molecule has 6 heteroatoms. The summed E-state index contributed by atoms with van der Waals surface area (Å²) in [5.41, 5.74) is 10.1. The molecule has 4 rings (SSSR count). The van der Waals surface area contributed by atoms with Crippen molar-refractivity contribution in [1.29, 1.82) is 0 Å². The zero-order valence-corrected chi connectivity index (χ0v) is 12.0. The van der Waals surface area contributed by atoms with Gasteiger partial charge in [0.2, 0.25) is 0 Å². The van der Waals surface area contributed by atoms with Gasteiger partial charge in [0, 0.05) is 23.3 Å². The SMILES string of the molecule is Nc1nc(-c2cnn(-c3ccccc3)c2)nc2c1CSC2. The summed E-state index contributed by atoms with van der Waals surface area (Å²) < 4.78 is 1.82. The highest BCUT2D eigenvalue weighted by Crippen LogP contribution is 2.33. The van der Waals surface area contributed by atoms with Crippen LogP contribution in [0, 0.1) is 0 Å². The van der Waals surface area contributed by atoms with Crippen LogP contribution in [0.2, 0.25) is 0 Å². The normalized spacial score (nSPS) is 13.3. The van der Waals surface area contributed by atoms with Crippen LogP contribution < -0.4 is 5.73 Å². The molecule has 0 saturated carbocycles. The summed E-state index contributed by atoms with van der Waals surface area (Å²) in [6.07, 6.45) is 3.70. The predicted octanol–water partition coefficient (Wildman–Crippen LogP) is 2.66. The monoisotopic (exact) mass is 295 g/mol. The maximum atomic E-state index is 6.04. The minimum absolute atomic E-state index is 0.590. The maximum Gasteiger partial charge on any atom is 0.164 e. The second-order valence-corrected chi connectivity index (χ2v) is 5.85. The number of para-hydroxylation sites is 1. The summed E-state index contributed by atoms with van der Waals surface area (Å²) in [5.74, 6) is 3.05. The maximum absolute atomic E-state index is 6.04. The Morgan fingerprint density at radius 3 is 2.81 bits per heavy atom. The topological polar surface area (TPSA) is 69.6 Å². The average molecular weight is 295 g/mol. The Balaban J connectivity index is 1.75. The molecule has 0 spiro atoms. The first kappa shape index (κ1) is 12.4. The van der Waals surface area contributed by atoms with Crippen LogP contribution in [-0.4, -0.2) is 19.7 Å². The van der Waals surface area contributed by atoms with Gasteiger partial charge in [-0.25, -0.2) is 14.6 Å². The van der Waals surface area contributed by atoms with Crippen molar-refractivity contribution >= 4 is 17.6 Å². The molecule has 0 atom stereocenters. The molecule has 104 valence electrons. The van der Waals surface area contributed by atoms with Gasteiger partial charge in [-0.15, -0.1) is 0 Å². The molecule has 0 bridgehead atoms. The summed E-state index contributed by atoms with van der Waals surface area (Å²) in [6, 6.07) is 9.96. The van der Waals surface area contributed by atoms with E-state index in [1.165, 1.54) is 0 Å². The van der Waals surface area contributed by atoms with Crippen LogP contribution >= 0.6 is 11.8 Å². The molecule has 3 aromatic rings. The molecule has 0 amide bonds. The Hall–Kier alpha value is -2.34. The molecule has 0 fully saturated rings. The third-order valence-electron chi connectivity index (χ3n) is 3.47. The minimum atomic E-state index is 0.590. The number of fused-ring (bicyclic) bond motifs is 1. The van der Waals surface area contributed by atoms with Crippen LogP contribution in [0.3, 0.4) is 0 Å². The molecule has 5 nitrogen and oxygen atoms in total. The summed E-state index contributed by atoms with van der Waals surface area (Å²) in [7, 11) is 0. The lowest BCUT2D eigenvalue weighted by Crippen LogP contribution is -2.02. The molecule has 2 N–H and O–H groups in total. The van der Waals surface area contributed by atoms with E-state index in [2.05, 4.69) is 15.1 Å². The van der Waals surface area contributed by atoms with E-state index in [4.69, 9.17) is 5.73 Å². The number of nitrogens with two attached hydrogens (primary N) is 1. The zero-order chi connectivity index (χ0) is 14.2. The number of hydrogen-bond donors (Lipinski definition) is 1. The smallest absolute Gasteiger partial charge is 0.164 e. The molecule has 1 aromatic carbocycles. The van der Waals surface area contributed by atoms with Crippen LogP contribution in [-0.2, 0) is 11.5 Å². The standard InChI is InChI=1S/C15H13N5S/c16-14-12-8-21-9-13(12)18-15(19-14)10-6-17-20(7-10)11-4-2-1-3-5-11/h1-7H,8-9H2,(H2,16,18,19). The van der Waals surface area contributed by atoms with Gasteiger partial charge in [-0.05, 0) is 12.1 Å². The molecular formula is C15H13N5S. The third kappa shape index (κ3) is 2.17. The fourth-order valence-corrected chi connectivity index (χ4v) is 3.42. The number of nitrogens with zero attached hydrogens (tertiary/aromatic N) is 4. The fraction of sp³-hybridized carbons (Fsp3) is 0.133. The largest absolute Gasteiger partial charge is 0.383 e. The second kappa shape index (κ2) is 4.89. The van der Waals surface area contributed by atoms with E-state index in [1.807, 2.05) is 53.0 Å². The predicted molar refractivity (Wildman–Crippen MR) is 84.0 cm³/mol. The Labute approximate surface area is 126 Å². The van der Waals surface area contributed by atoms with Crippen molar-refractivity contribution in [2.45, 2.75) is 11.5 Å². The van der Waals surface area contributed by atoms with Crippen molar-refractivity contribution in [1.82, 2.24) is 19.7 Å². The van der Waals surface area contributed by atoms with Crippen molar-refractivity contribution in [2.75, 3.05) is 5.73 Å². The van der Waals surface area contributed by atoms with Gasteiger partial charge < -0.3 is 5.73 Å². The summed E-state index contributed by atoms with van der Waals surface area (Å²) >= 11 is 1.82. The van der Waals surface area contributed by atoms with E-state index in [0.717, 1.165) is 34.0 Å². The van der Waals surface area contributed by atoms with Gasteiger partial charge in [0.15, 0.2) is 5.82 Å². The lowest BCUT2D eigenvalue weighted by atomic mass is 10.2. The second-order valence-electron chi connectivity index (χ2n) is 4.86. The number of hydrogen-bond acceptors (Lipinski definition) is 5. The van der Waals surface area contributed by atoms with Gasteiger partial charge >= 0.3 is 0 Å². The molecule has 0 aliphatic carbocycles. The quantitative estimate of drug-likeness (QED) is 0.787. The highest BCUT2D eigenvalue weighted by atomic mass is 32.2. The van der Waals surface area contributed by atoms with Gasteiger partial charge in [0.05, 0.1) is 23.1 Å². The lowest BCUT2D eigenvalue weighted by molar-refractivity contribution is 0.880. The number of aromatic nitrogens is 4. The Morgan fingerprint density at radius 1 is 1.10 bits per heavy atom. The number of rotatable bonds is 2. The Bertz CT molecular complexity index is 797. The third-order valence-corrected chi connectivity index (χ3v) is 4.44. The van der Waals surface area contributed by atoms with Crippen molar-refractivity contribution in [3.63, 3.8) is 0 Å². The van der Waals surface area contributed by atoms with E-state index in [9.17, 15) is 0 Å². The number of anilines is 1. The first-order chi connectivity index (χ1) is 10.3. The minimum Gasteiger partial charge on any atom is -0.383 e. The fourth-order valence-electron chi connectivity index (χ4n) is 2.37. The van der Waals surface area contributed by atoms with Crippen LogP contribution in [0.1, 0.15) is 11.3 Å². The van der Waals surface area contributed by atoms with Gasteiger partial charge in [0.25, 0.3) is 0 Å². The zero-order valence-electron chi connectivity index (χ0n) is 11.2. The summed E-state index contributed by atoms with van der Waals surface area (Å²) in [6.45, 7) is 0. The van der Waals surface area contributed by atoms with E-state index < -0.39 is 0 Å². The summed E-state index contributed by atoms with van der Waals surface area (Å²) in [5, 5.41) is 4.38. The highest BCUT2D eigenvalue weighted by molar-refractivity contribution is 7.98. The molecule has 0 unspecified atom stereocenters. The molecule has 3 heterocycles.